The highest BCUT2D eigenvalue weighted by atomic mass is 32.2. The Morgan fingerprint density at radius 1 is 1.13 bits per heavy atom. The van der Waals surface area contributed by atoms with Crippen LogP contribution in [0.3, 0.4) is 0 Å². The van der Waals surface area contributed by atoms with Crippen molar-refractivity contribution in [2.75, 3.05) is 30.7 Å². The average Bonchev–Trinajstić information content (AvgIpc) is 2.75. The Balaban J connectivity index is 1.64. The van der Waals surface area contributed by atoms with Crippen molar-refractivity contribution in [1.29, 1.82) is 0 Å². The number of hydrogen-bond donors (Lipinski definition) is 1. The van der Waals surface area contributed by atoms with Crippen LogP contribution < -0.4 is 15.0 Å². The predicted octanol–water partition coefficient (Wildman–Crippen LogP) is 2.27. The van der Waals surface area contributed by atoms with Crippen molar-refractivity contribution in [3.63, 3.8) is 0 Å². The van der Waals surface area contributed by atoms with Gasteiger partial charge in [-0.15, -0.1) is 0 Å². The molecule has 1 N–H and O–H groups in total. The molecular formula is C22H27N3O5S. The molecule has 2 aromatic rings. The highest BCUT2D eigenvalue weighted by molar-refractivity contribution is 7.92. The molecule has 4 rings (SSSR count). The number of likely N-dealkylation sites (tertiary alicyclic amines) is 1. The summed E-state index contributed by atoms with van der Waals surface area (Å²) in [5, 5.41) is 0. The lowest BCUT2D eigenvalue weighted by Crippen LogP contribution is -2.49. The van der Waals surface area contributed by atoms with Crippen molar-refractivity contribution in [2.24, 2.45) is 5.92 Å². The Hall–Kier alpha value is -2.81. The number of rotatable bonds is 6. The number of amides is 1. The number of carbonyl (C=O) groups is 1. The molecule has 0 aliphatic carbocycles. The van der Waals surface area contributed by atoms with Gasteiger partial charge in [-0.1, -0.05) is 6.92 Å². The molecule has 0 saturated carbocycles. The number of methoxy groups -OCH3 is 1. The standard InChI is InChI=1S/C22H27N3O5S/c1-3-10-31(28,29)23-19-8-9-20(26)25-13-15-11-17(21(19)25)14-24(12-15)22(27)16-4-6-18(30-2)7-5-16/h4-9,15,17,23H,3,10-14H2,1-2H3/t15-,17-/m0/s1. The van der Waals surface area contributed by atoms with Crippen LogP contribution in [0, 0.1) is 5.92 Å². The fourth-order valence-corrected chi connectivity index (χ4v) is 5.82. The number of ether oxygens (including phenoxy) is 1. The molecule has 31 heavy (non-hydrogen) atoms. The molecule has 0 radical (unpaired) electrons. The van der Waals surface area contributed by atoms with E-state index in [1.165, 1.54) is 6.07 Å². The quantitative estimate of drug-likeness (QED) is 0.736. The van der Waals surface area contributed by atoms with Crippen LogP contribution in [0.5, 0.6) is 5.75 Å². The summed E-state index contributed by atoms with van der Waals surface area (Å²) in [7, 11) is -1.92. The summed E-state index contributed by atoms with van der Waals surface area (Å²) in [5.41, 5.74) is 1.55. The molecule has 1 saturated heterocycles. The summed E-state index contributed by atoms with van der Waals surface area (Å²) in [6.07, 6.45) is 1.32. The second-order valence-electron chi connectivity index (χ2n) is 8.24. The van der Waals surface area contributed by atoms with Gasteiger partial charge < -0.3 is 14.2 Å². The zero-order chi connectivity index (χ0) is 22.2. The lowest BCUT2D eigenvalue weighted by molar-refractivity contribution is 0.0595. The van der Waals surface area contributed by atoms with Crippen molar-refractivity contribution in [1.82, 2.24) is 9.47 Å². The minimum absolute atomic E-state index is 0.0148. The van der Waals surface area contributed by atoms with E-state index < -0.39 is 10.0 Å². The van der Waals surface area contributed by atoms with Gasteiger partial charge in [-0.3, -0.25) is 14.3 Å². The number of nitrogens with zero attached hydrogens (tertiary/aromatic N) is 2. The number of nitrogens with one attached hydrogen (secondary N) is 1. The Kier molecular flexibility index (Phi) is 5.79. The lowest BCUT2D eigenvalue weighted by Gasteiger charge is -2.43. The highest BCUT2D eigenvalue weighted by Crippen LogP contribution is 2.39. The van der Waals surface area contributed by atoms with Gasteiger partial charge in [-0.2, -0.15) is 0 Å². The largest absolute Gasteiger partial charge is 0.497 e. The van der Waals surface area contributed by atoms with Crippen LogP contribution >= 0.6 is 0 Å². The van der Waals surface area contributed by atoms with Crippen LogP contribution in [0.2, 0.25) is 0 Å². The van der Waals surface area contributed by atoms with Crippen molar-refractivity contribution < 1.29 is 17.9 Å². The molecule has 0 unspecified atom stereocenters. The maximum absolute atomic E-state index is 13.1. The zero-order valence-corrected chi connectivity index (χ0v) is 18.5. The molecule has 2 bridgehead atoms. The van der Waals surface area contributed by atoms with E-state index in [1.54, 1.807) is 48.9 Å². The van der Waals surface area contributed by atoms with Crippen LogP contribution in [0.4, 0.5) is 5.69 Å². The summed E-state index contributed by atoms with van der Waals surface area (Å²) >= 11 is 0. The Morgan fingerprint density at radius 3 is 2.55 bits per heavy atom. The van der Waals surface area contributed by atoms with E-state index in [4.69, 9.17) is 4.74 Å². The van der Waals surface area contributed by atoms with E-state index in [-0.39, 0.29) is 29.1 Å². The van der Waals surface area contributed by atoms with Gasteiger partial charge in [0.05, 0.1) is 24.2 Å². The fourth-order valence-electron chi connectivity index (χ4n) is 4.67. The molecule has 8 nitrogen and oxygen atoms in total. The van der Waals surface area contributed by atoms with E-state index in [0.29, 0.717) is 48.7 Å². The smallest absolute Gasteiger partial charge is 0.253 e. The van der Waals surface area contributed by atoms with Crippen LogP contribution in [-0.4, -0.2) is 49.7 Å². The minimum Gasteiger partial charge on any atom is -0.497 e. The van der Waals surface area contributed by atoms with Crippen molar-refractivity contribution in [2.45, 2.75) is 32.2 Å². The molecule has 1 amide bonds. The molecule has 166 valence electrons. The van der Waals surface area contributed by atoms with Gasteiger partial charge in [0.2, 0.25) is 10.0 Å². The molecule has 1 aromatic heterocycles. The number of carbonyl (C=O) groups excluding carboxylic acids is 1. The van der Waals surface area contributed by atoms with Gasteiger partial charge in [0.1, 0.15) is 5.75 Å². The SMILES string of the molecule is CCCS(=O)(=O)Nc1ccc(=O)n2c1[C@H]1C[C@@H](CN(C(=O)c3ccc(OC)cc3)C1)C2. The predicted molar refractivity (Wildman–Crippen MR) is 118 cm³/mol. The van der Waals surface area contributed by atoms with E-state index >= 15 is 0 Å². The van der Waals surface area contributed by atoms with E-state index in [0.717, 1.165) is 6.42 Å². The van der Waals surface area contributed by atoms with Gasteiger partial charge in [0.25, 0.3) is 11.5 Å². The maximum Gasteiger partial charge on any atom is 0.253 e. The van der Waals surface area contributed by atoms with Gasteiger partial charge >= 0.3 is 0 Å². The van der Waals surface area contributed by atoms with E-state index in [1.807, 2.05) is 4.90 Å². The Bertz CT molecular complexity index is 1140. The number of anilines is 1. The number of piperidine rings is 1. The third-order valence-electron chi connectivity index (χ3n) is 5.95. The van der Waals surface area contributed by atoms with Gasteiger partial charge in [0, 0.05) is 37.2 Å². The molecular weight excluding hydrogens is 418 g/mol. The first-order valence-electron chi connectivity index (χ1n) is 10.5. The minimum atomic E-state index is -3.50. The lowest BCUT2D eigenvalue weighted by atomic mass is 9.82. The van der Waals surface area contributed by atoms with E-state index in [2.05, 4.69) is 4.72 Å². The first kappa shape index (κ1) is 21.4. The molecule has 2 aliphatic heterocycles. The summed E-state index contributed by atoms with van der Waals surface area (Å²) in [4.78, 5) is 27.5. The second kappa shape index (κ2) is 8.37. The average molecular weight is 446 g/mol. The normalized spacial score (nSPS) is 20.1. The van der Waals surface area contributed by atoms with Crippen LogP contribution in [0.25, 0.3) is 0 Å². The third kappa shape index (κ3) is 4.32. The van der Waals surface area contributed by atoms with Crippen LogP contribution in [-0.2, 0) is 16.6 Å². The maximum atomic E-state index is 13.1. The van der Waals surface area contributed by atoms with E-state index in [9.17, 15) is 18.0 Å². The zero-order valence-electron chi connectivity index (χ0n) is 17.7. The molecule has 3 heterocycles. The topological polar surface area (TPSA) is 97.7 Å². The summed E-state index contributed by atoms with van der Waals surface area (Å²) in [5.74, 6) is 0.666. The van der Waals surface area contributed by atoms with Crippen molar-refractivity contribution in [3.8, 4) is 5.75 Å². The van der Waals surface area contributed by atoms with Gasteiger partial charge in [0.15, 0.2) is 0 Å². The van der Waals surface area contributed by atoms with Crippen LogP contribution in [0.15, 0.2) is 41.2 Å². The van der Waals surface area contributed by atoms with Crippen molar-refractivity contribution in [3.05, 3.63) is 58.0 Å². The second-order valence-corrected chi connectivity index (χ2v) is 10.1. The fraction of sp³-hybridized carbons (Fsp3) is 0.455. The summed E-state index contributed by atoms with van der Waals surface area (Å²) < 4.78 is 34.3. The summed E-state index contributed by atoms with van der Waals surface area (Å²) in [6, 6.07) is 9.96. The van der Waals surface area contributed by atoms with Crippen LogP contribution in [0.1, 0.15) is 41.7 Å². The molecule has 1 fully saturated rings. The van der Waals surface area contributed by atoms with Gasteiger partial charge in [-0.05, 0) is 49.1 Å². The van der Waals surface area contributed by atoms with Gasteiger partial charge in [-0.25, -0.2) is 8.42 Å². The molecule has 1 aromatic carbocycles. The number of pyridine rings is 1. The number of fused-ring (bicyclic) bond motifs is 4. The molecule has 9 heteroatoms. The first-order chi connectivity index (χ1) is 14.8. The first-order valence-corrected chi connectivity index (χ1v) is 12.1. The molecule has 2 aliphatic rings. The molecule has 2 atom stereocenters. The number of hydrogen-bond acceptors (Lipinski definition) is 5. The van der Waals surface area contributed by atoms with Crippen molar-refractivity contribution >= 4 is 21.6 Å². The Morgan fingerprint density at radius 2 is 1.87 bits per heavy atom. The third-order valence-corrected chi connectivity index (χ3v) is 7.43. The molecule has 0 spiro atoms. The monoisotopic (exact) mass is 445 g/mol. The summed E-state index contributed by atoms with van der Waals surface area (Å²) in [6.45, 7) is 3.28. The highest BCUT2D eigenvalue weighted by Gasteiger charge is 2.38. The Labute approximate surface area is 181 Å². The number of sulfonamides is 1. The number of aromatic nitrogens is 1. The number of benzene rings is 1.